The van der Waals surface area contributed by atoms with Gasteiger partial charge in [-0.25, -0.2) is 0 Å². The first-order valence-electron chi connectivity index (χ1n) is 6.77. The van der Waals surface area contributed by atoms with Crippen LogP contribution in [-0.4, -0.2) is 47.4 Å². The molecule has 2 atom stereocenters. The second-order valence-corrected chi connectivity index (χ2v) is 5.15. The Bertz CT molecular complexity index is 248. The molecular formula is C13H24N2O. The first-order valence-corrected chi connectivity index (χ1v) is 6.77. The number of amides is 1. The zero-order valence-electron chi connectivity index (χ0n) is 10.6. The van der Waals surface area contributed by atoms with E-state index in [4.69, 9.17) is 0 Å². The monoisotopic (exact) mass is 224 g/mol. The van der Waals surface area contributed by atoms with Gasteiger partial charge in [0, 0.05) is 25.0 Å². The molecule has 0 aliphatic carbocycles. The molecule has 0 bridgehead atoms. The van der Waals surface area contributed by atoms with Crippen LogP contribution in [0, 0.1) is 0 Å². The summed E-state index contributed by atoms with van der Waals surface area (Å²) < 4.78 is 0. The molecule has 3 nitrogen and oxygen atoms in total. The molecule has 0 radical (unpaired) electrons. The SMILES string of the molecule is CCC(C(C)N1CCCC1)N1CCCC1=O. The van der Waals surface area contributed by atoms with Crippen molar-refractivity contribution in [3.63, 3.8) is 0 Å². The van der Waals surface area contributed by atoms with E-state index in [1.54, 1.807) is 0 Å². The summed E-state index contributed by atoms with van der Waals surface area (Å²) in [4.78, 5) is 16.5. The number of carbonyl (C=O) groups is 1. The highest BCUT2D eigenvalue weighted by atomic mass is 16.2. The van der Waals surface area contributed by atoms with Crippen molar-refractivity contribution in [2.45, 2.75) is 58.0 Å². The van der Waals surface area contributed by atoms with E-state index in [1.807, 2.05) is 0 Å². The molecule has 2 saturated heterocycles. The summed E-state index contributed by atoms with van der Waals surface area (Å²) in [6.45, 7) is 7.93. The molecule has 0 spiro atoms. The van der Waals surface area contributed by atoms with Crippen LogP contribution in [0.3, 0.4) is 0 Å². The van der Waals surface area contributed by atoms with Crippen LogP contribution in [-0.2, 0) is 4.79 Å². The highest BCUT2D eigenvalue weighted by molar-refractivity contribution is 5.78. The van der Waals surface area contributed by atoms with Gasteiger partial charge in [0.15, 0.2) is 0 Å². The van der Waals surface area contributed by atoms with E-state index < -0.39 is 0 Å². The van der Waals surface area contributed by atoms with Crippen molar-refractivity contribution in [3.05, 3.63) is 0 Å². The predicted molar refractivity (Wildman–Crippen MR) is 65.3 cm³/mol. The van der Waals surface area contributed by atoms with E-state index in [0.29, 0.717) is 18.0 Å². The van der Waals surface area contributed by atoms with Gasteiger partial charge >= 0.3 is 0 Å². The first-order chi connectivity index (χ1) is 7.74. The Morgan fingerprint density at radius 3 is 2.38 bits per heavy atom. The molecule has 2 rings (SSSR count). The fourth-order valence-electron chi connectivity index (χ4n) is 3.23. The van der Waals surface area contributed by atoms with Gasteiger partial charge in [0.2, 0.25) is 5.91 Å². The lowest BCUT2D eigenvalue weighted by Crippen LogP contribution is -2.49. The Morgan fingerprint density at radius 1 is 1.19 bits per heavy atom. The summed E-state index contributed by atoms with van der Waals surface area (Å²) in [5.41, 5.74) is 0. The van der Waals surface area contributed by atoms with E-state index in [2.05, 4.69) is 23.6 Å². The van der Waals surface area contributed by atoms with Crippen molar-refractivity contribution in [1.29, 1.82) is 0 Å². The van der Waals surface area contributed by atoms with Gasteiger partial charge in [-0.2, -0.15) is 0 Å². The van der Waals surface area contributed by atoms with Gasteiger partial charge in [-0.1, -0.05) is 6.92 Å². The van der Waals surface area contributed by atoms with Crippen LogP contribution in [0.2, 0.25) is 0 Å². The summed E-state index contributed by atoms with van der Waals surface area (Å²) in [5.74, 6) is 0.373. The van der Waals surface area contributed by atoms with E-state index in [1.165, 1.54) is 25.9 Å². The molecule has 92 valence electrons. The van der Waals surface area contributed by atoms with Crippen molar-refractivity contribution in [2.24, 2.45) is 0 Å². The molecule has 2 aliphatic rings. The third-order valence-corrected chi connectivity index (χ3v) is 4.20. The standard InChI is InChI=1S/C13H24N2O/c1-3-12(15-10-6-7-13(15)16)11(2)14-8-4-5-9-14/h11-12H,3-10H2,1-2H3. The molecular weight excluding hydrogens is 200 g/mol. The van der Waals surface area contributed by atoms with E-state index in [9.17, 15) is 4.79 Å². The van der Waals surface area contributed by atoms with Gasteiger partial charge in [-0.15, -0.1) is 0 Å². The maximum absolute atomic E-state index is 11.8. The second-order valence-electron chi connectivity index (χ2n) is 5.15. The van der Waals surface area contributed by atoms with Gasteiger partial charge in [-0.05, 0) is 45.7 Å². The average molecular weight is 224 g/mol. The third-order valence-electron chi connectivity index (χ3n) is 4.20. The van der Waals surface area contributed by atoms with Gasteiger partial charge in [0.25, 0.3) is 0 Å². The van der Waals surface area contributed by atoms with Crippen LogP contribution in [0.4, 0.5) is 0 Å². The molecule has 0 saturated carbocycles. The zero-order valence-corrected chi connectivity index (χ0v) is 10.6. The lowest BCUT2D eigenvalue weighted by atomic mass is 10.0. The largest absolute Gasteiger partial charge is 0.338 e. The lowest BCUT2D eigenvalue weighted by molar-refractivity contribution is -0.130. The van der Waals surface area contributed by atoms with Gasteiger partial charge in [-0.3, -0.25) is 9.69 Å². The Hall–Kier alpha value is -0.570. The molecule has 1 amide bonds. The Labute approximate surface area is 98.8 Å². The molecule has 16 heavy (non-hydrogen) atoms. The van der Waals surface area contributed by atoms with Crippen molar-refractivity contribution < 1.29 is 4.79 Å². The van der Waals surface area contributed by atoms with Crippen LogP contribution in [0.15, 0.2) is 0 Å². The topological polar surface area (TPSA) is 23.6 Å². The van der Waals surface area contributed by atoms with Crippen LogP contribution < -0.4 is 0 Å². The molecule has 2 unspecified atom stereocenters. The zero-order chi connectivity index (χ0) is 11.5. The molecule has 0 aromatic heterocycles. The Morgan fingerprint density at radius 2 is 1.88 bits per heavy atom. The second kappa shape index (κ2) is 5.17. The van der Waals surface area contributed by atoms with Crippen LogP contribution in [0.1, 0.15) is 46.0 Å². The highest BCUT2D eigenvalue weighted by Gasteiger charge is 2.33. The number of nitrogens with zero attached hydrogens (tertiary/aromatic N) is 2. The number of carbonyl (C=O) groups excluding carboxylic acids is 1. The van der Waals surface area contributed by atoms with Crippen LogP contribution >= 0.6 is 0 Å². The van der Waals surface area contributed by atoms with Gasteiger partial charge in [0.1, 0.15) is 0 Å². The summed E-state index contributed by atoms with van der Waals surface area (Å²) in [5, 5.41) is 0. The van der Waals surface area contributed by atoms with Crippen molar-refractivity contribution >= 4 is 5.91 Å². The number of likely N-dealkylation sites (tertiary alicyclic amines) is 2. The molecule has 0 N–H and O–H groups in total. The van der Waals surface area contributed by atoms with Gasteiger partial charge in [0.05, 0.1) is 0 Å². The van der Waals surface area contributed by atoms with E-state index in [0.717, 1.165) is 25.8 Å². The Kier molecular flexibility index (Phi) is 3.85. The maximum Gasteiger partial charge on any atom is 0.222 e. The van der Waals surface area contributed by atoms with Crippen LogP contribution in [0.5, 0.6) is 0 Å². The number of hydrogen-bond acceptors (Lipinski definition) is 2. The quantitative estimate of drug-likeness (QED) is 0.728. The first kappa shape index (κ1) is 11.9. The van der Waals surface area contributed by atoms with Crippen molar-refractivity contribution in [2.75, 3.05) is 19.6 Å². The summed E-state index contributed by atoms with van der Waals surface area (Å²) in [6.07, 6.45) is 5.57. The minimum Gasteiger partial charge on any atom is -0.338 e. The minimum absolute atomic E-state index is 0.373. The minimum atomic E-state index is 0.373. The van der Waals surface area contributed by atoms with E-state index in [-0.39, 0.29) is 0 Å². The van der Waals surface area contributed by atoms with E-state index >= 15 is 0 Å². The van der Waals surface area contributed by atoms with Crippen LogP contribution in [0.25, 0.3) is 0 Å². The van der Waals surface area contributed by atoms with Gasteiger partial charge < -0.3 is 4.90 Å². The predicted octanol–water partition coefficient (Wildman–Crippen LogP) is 1.87. The highest BCUT2D eigenvalue weighted by Crippen LogP contribution is 2.23. The molecule has 2 aliphatic heterocycles. The lowest BCUT2D eigenvalue weighted by Gasteiger charge is -2.37. The third kappa shape index (κ3) is 2.24. The molecule has 3 heteroatoms. The molecule has 2 heterocycles. The Balaban J connectivity index is 2.00. The fourth-order valence-corrected chi connectivity index (χ4v) is 3.23. The normalized spacial score (nSPS) is 26.4. The average Bonchev–Trinajstić information content (AvgIpc) is 2.91. The van der Waals surface area contributed by atoms with Crippen molar-refractivity contribution in [1.82, 2.24) is 9.80 Å². The molecule has 2 fully saturated rings. The number of rotatable bonds is 4. The number of hydrogen-bond donors (Lipinski definition) is 0. The smallest absolute Gasteiger partial charge is 0.222 e. The maximum atomic E-state index is 11.8. The summed E-state index contributed by atoms with van der Waals surface area (Å²) in [6, 6.07) is 0.975. The summed E-state index contributed by atoms with van der Waals surface area (Å²) >= 11 is 0. The fraction of sp³-hybridized carbons (Fsp3) is 0.923. The summed E-state index contributed by atoms with van der Waals surface area (Å²) in [7, 11) is 0. The van der Waals surface area contributed by atoms with Crippen molar-refractivity contribution in [3.8, 4) is 0 Å². The molecule has 0 aromatic carbocycles. The molecule has 0 aromatic rings.